The van der Waals surface area contributed by atoms with Crippen LogP contribution in [-0.4, -0.2) is 5.49 Å². The molecule has 0 aromatic rings. The number of rotatable bonds is 4. The summed E-state index contributed by atoms with van der Waals surface area (Å²) in [5, 5.41) is 0. The van der Waals surface area contributed by atoms with Gasteiger partial charge in [-0.15, -0.1) is 12.8 Å². The molecule has 0 saturated heterocycles. The van der Waals surface area contributed by atoms with E-state index in [0.717, 1.165) is 25.7 Å². The average Bonchev–Trinajstić information content (AvgIpc) is 3.15. The SMILES string of the molecule is CCC1=[C-]CC(CC)=C1.CCC1=[C-]CC(CC)=C1.C[Si](C)=[Hf+2].[Cl-].[Cl-]. The van der Waals surface area contributed by atoms with Gasteiger partial charge in [-0.25, -0.2) is 23.3 Å². The topological polar surface area (TPSA) is 0 Å². The molecule has 2 rings (SSSR count). The van der Waals surface area contributed by atoms with E-state index in [1.807, 2.05) is 0 Å². The van der Waals surface area contributed by atoms with Gasteiger partial charge in [-0.1, -0.05) is 53.4 Å². The summed E-state index contributed by atoms with van der Waals surface area (Å²) in [4.78, 5) is 0. The normalized spacial score (nSPS) is 14.3. The molecule has 0 aliphatic heterocycles. The number of hydrogen-bond acceptors (Lipinski definition) is 0. The first kappa shape index (κ1) is 29.4. The van der Waals surface area contributed by atoms with Crippen LogP contribution in [0.5, 0.6) is 0 Å². The summed E-state index contributed by atoms with van der Waals surface area (Å²) in [6, 6.07) is 0. The fraction of sp³-hybridized carbons (Fsp3) is 0.600. The van der Waals surface area contributed by atoms with Gasteiger partial charge >= 0.3 is 41.6 Å². The Morgan fingerprint density at radius 2 is 1.08 bits per heavy atom. The summed E-state index contributed by atoms with van der Waals surface area (Å²) in [6.07, 6.45) is 18.1. The van der Waals surface area contributed by atoms with E-state index in [-0.39, 0.29) is 30.3 Å². The van der Waals surface area contributed by atoms with Crippen molar-refractivity contribution in [3.05, 3.63) is 46.6 Å². The van der Waals surface area contributed by atoms with Crippen molar-refractivity contribution in [2.75, 3.05) is 0 Å². The molecule has 0 atom stereocenters. The van der Waals surface area contributed by atoms with E-state index in [1.54, 1.807) is 0 Å². The van der Waals surface area contributed by atoms with E-state index in [0.29, 0.717) is 0 Å². The molecule has 0 fully saturated rings. The Labute approximate surface area is 178 Å². The minimum Gasteiger partial charge on any atom is -1.00 e. The van der Waals surface area contributed by atoms with Crippen molar-refractivity contribution in [1.82, 2.24) is 0 Å². The Balaban J connectivity index is -0.000000283. The standard InChI is InChI=1S/2C9H13.C2H6Si.2ClH.Hf/c2*1-3-8-5-6-9(4-2)7-8;1-3-2;;;/h2*7H,3-5H2,1-2H3;1-2H3;2*1H;/q2*-1;;;;+2/p-2. The Kier molecular flexibility index (Phi) is 22.6. The van der Waals surface area contributed by atoms with Crippen LogP contribution in [0.15, 0.2) is 34.4 Å². The van der Waals surface area contributed by atoms with E-state index in [4.69, 9.17) is 0 Å². The third-order valence-corrected chi connectivity index (χ3v) is 3.51. The molecule has 0 aromatic carbocycles. The summed E-state index contributed by atoms with van der Waals surface area (Å²) in [7, 11) is 0. The Hall–Kier alpha value is 0.627. The summed E-state index contributed by atoms with van der Waals surface area (Å²) < 4.78 is 0. The average molecular weight is 550 g/mol. The minimum atomic E-state index is 0. The summed E-state index contributed by atoms with van der Waals surface area (Å²) >= 11 is 1.45. The van der Waals surface area contributed by atoms with Crippen LogP contribution >= 0.6 is 0 Å². The smallest absolute Gasteiger partial charge is 1.00 e. The van der Waals surface area contributed by atoms with Gasteiger partial charge in [0.2, 0.25) is 0 Å². The second kappa shape index (κ2) is 18.4. The van der Waals surface area contributed by atoms with Gasteiger partial charge < -0.3 is 24.8 Å². The minimum absolute atomic E-state index is 0. The van der Waals surface area contributed by atoms with Crippen LogP contribution in [0, 0.1) is 12.2 Å². The molecule has 136 valence electrons. The molecular formula is C20H32Cl2HfSi-2. The largest absolute Gasteiger partial charge is 1.00 e. The van der Waals surface area contributed by atoms with Crippen LogP contribution in [0.2, 0.25) is 13.1 Å². The van der Waals surface area contributed by atoms with Crippen molar-refractivity contribution < 1.29 is 47.8 Å². The second-order valence-corrected chi connectivity index (χ2v) is 18.6. The first-order valence-electron chi connectivity index (χ1n) is 8.56. The van der Waals surface area contributed by atoms with Crippen molar-refractivity contribution in [2.24, 2.45) is 0 Å². The summed E-state index contributed by atoms with van der Waals surface area (Å²) in [5.74, 6) is 0. The van der Waals surface area contributed by atoms with Crippen molar-refractivity contribution >= 4 is 5.49 Å². The summed E-state index contributed by atoms with van der Waals surface area (Å²) in [5.41, 5.74) is 6.12. The number of halogens is 2. The van der Waals surface area contributed by atoms with E-state index in [9.17, 15) is 0 Å². The zero-order valence-electron chi connectivity index (χ0n) is 16.2. The first-order valence-corrected chi connectivity index (χ1v) is 16.5. The van der Waals surface area contributed by atoms with Crippen molar-refractivity contribution in [3.63, 3.8) is 0 Å². The van der Waals surface area contributed by atoms with Gasteiger partial charge in [-0.3, -0.25) is 12.2 Å². The van der Waals surface area contributed by atoms with Crippen LogP contribution in [0.3, 0.4) is 0 Å². The molecule has 0 bridgehead atoms. The van der Waals surface area contributed by atoms with E-state index >= 15 is 0 Å². The van der Waals surface area contributed by atoms with Gasteiger partial charge in [0.1, 0.15) is 0 Å². The molecule has 0 nitrogen and oxygen atoms in total. The monoisotopic (exact) mass is 550 g/mol. The molecule has 24 heavy (non-hydrogen) atoms. The Morgan fingerprint density at radius 3 is 1.21 bits per heavy atom. The molecule has 0 saturated carbocycles. The number of allylic oxidation sites excluding steroid dienone is 8. The molecular weight excluding hydrogens is 518 g/mol. The fourth-order valence-electron chi connectivity index (χ4n) is 2.06. The molecule has 4 heteroatoms. The maximum absolute atomic E-state index is 3.33. The van der Waals surface area contributed by atoms with Gasteiger partial charge in [-0.2, -0.15) is 11.1 Å². The molecule has 0 aromatic heterocycles. The Bertz CT molecular complexity index is 432. The van der Waals surface area contributed by atoms with Crippen molar-refractivity contribution in [2.45, 2.75) is 79.3 Å². The van der Waals surface area contributed by atoms with Crippen LogP contribution in [0.1, 0.15) is 66.2 Å². The zero-order chi connectivity index (χ0) is 17.0. The van der Waals surface area contributed by atoms with Gasteiger partial charge in [0, 0.05) is 0 Å². The van der Waals surface area contributed by atoms with E-state index < -0.39 is 0 Å². The quantitative estimate of drug-likeness (QED) is 0.355. The third kappa shape index (κ3) is 14.9. The molecule has 2 aliphatic rings. The first-order chi connectivity index (χ1) is 10.5. The molecule has 0 heterocycles. The fourth-order valence-corrected chi connectivity index (χ4v) is 2.06. The van der Waals surface area contributed by atoms with Crippen LogP contribution < -0.4 is 24.8 Å². The molecule has 0 unspecified atom stereocenters. The van der Waals surface area contributed by atoms with Gasteiger partial charge in [0.25, 0.3) is 0 Å². The predicted molar refractivity (Wildman–Crippen MR) is 97.6 cm³/mol. The van der Waals surface area contributed by atoms with E-state index in [2.05, 4.69) is 65.1 Å². The third-order valence-electron chi connectivity index (χ3n) is 3.51. The van der Waals surface area contributed by atoms with E-state index in [1.165, 1.54) is 58.1 Å². The van der Waals surface area contributed by atoms with Gasteiger partial charge in [0.05, 0.1) is 0 Å². The molecule has 0 spiro atoms. The summed E-state index contributed by atoms with van der Waals surface area (Å²) in [6.45, 7) is 13.4. The Morgan fingerprint density at radius 1 is 0.792 bits per heavy atom. The predicted octanol–water partition coefficient (Wildman–Crippen LogP) is 0.524. The number of hydrogen-bond donors (Lipinski definition) is 0. The maximum atomic E-state index is 3.33. The van der Waals surface area contributed by atoms with Crippen LogP contribution in [0.25, 0.3) is 0 Å². The van der Waals surface area contributed by atoms with Crippen molar-refractivity contribution in [1.29, 1.82) is 0 Å². The second-order valence-electron chi connectivity index (χ2n) is 5.78. The molecule has 0 radical (unpaired) electrons. The molecule has 2 aliphatic carbocycles. The zero-order valence-corrected chi connectivity index (χ0v) is 22.3. The van der Waals surface area contributed by atoms with Gasteiger partial charge in [0.15, 0.2) is 0 Å². The van der Waals surface area contributed by atoms with Crippen LogP contribution in [0.4, 0.5) is 0 Å². The molecule has 0 amide bonds. The van der Waals surface area contributed by atoms with Crippen LogP contribution in [-0.2, 0) is 23.0 Å². The maximum Gasteiger partial charge on any atom is -1.00 e. The molecule has 0 N–H and O–H groups in total. The van der Waals surface area contributed by atoms with Crippen molar-refractivity contribution in [3.8, 4) is 0 Å². The van der Waals surface area contributed by atoms with Gasteiger partial charge in [-0.05, 0) is 0 Å².